The average Bonchev–Trinajstić information content (AvgIpc) is 2.04. The van der Waals surface area contributed by atoms with Crippen molar-refractivity contribution in [2.75, 3.05) is 0 Å². The van der Waals surface area contributed by atoms with Crippen molar-refractivity contribution in [3.8, 4) is 0 Å². The molecule has 0 saturated heterocycles. The van der Waals surface area contributed by atoms with Crippen LogP contribution in [0.2, 0.25) is 0 Å². The van der Waals surface area contributed by atoms with Crippen LogP contribution in [0.5, 0.6) is 0 Å². The molecule has 0 amide bonds. The van der Waals surface area contributed by atoms with Gasteiger partial charge < -0.3 is 0 Å². The lowest BCUT2D eigenvalue weighted by atomic mass is 9.77. The third-order valence-electron chi connectivity index (χ3n) is 2.86. The van der Waals surface area contributed by atoms with E-state index in [1.54, 1.807) is 0 Å². The maximum atomic E-state index is 2.35. The van der Waals surface area contributed by atoms with Crippen molar-refractivity contribution >= 4 is 0 Å². The molecular formula is C12H28. The fraction of sp³-hybridized carbons (Fsp3) is 1.00. The van der Waals surface area contributed by atoms with Gasteiger partial charge in [-0.15, -0.1) is 0 Å². The second-order valence-electron chi connectivity index (χ2n) is 4.36. The molecule has 0 fully saturated rings. The van der Waals surface area contributed by atoms with Crippen LogP contribution in [-0.4, -0.2) is 0 Å². The third-order valence-corrected chi connectivity index (χ3v) is 2.86. The zero-order chi connectivity index (χ0) is 10.2. The molecule has 0 aliphatic rings. The first-order chi connectivity index (χ1) is 5.46. The topological polar surface area (TPSA) is 0 Å². The summed E-state index contributed by atoms with van der Waals surface area (Å²) in [6.07, 6.45) is 3.85. The normalized spacial score (nSPS) is 13.2. The maximum absolute atomic E-state index is 2.35. The molecule has 0 heterocycles. The standard InChI is InChI=1S/C9H20.C3H8/c1-6-8(3)9(4,5)7-2;1-3-2/h8H,6-7H2,1-5H3;3H2,1-2H3. The van der Waals surface area contributed by atoms with Crippen molar-refractivity contribution in [2.45, 2.75) is 67.7 Å². The summed E-state index contributed by atoms with van der Waals surface area (Å²) in [5.74, 6) is 0.863. The summed E-state index contributed by atoms with van der Waals surface area (Å²) < 4.78 is 0. The fourth-order valence-corrected chi connectivity index (χ4v) is 0.901. The van der Waals surface area contributed by atoms with Crippen LogP contribution in [0.15, 0.2) is 0 Å². The Morgan fingerprint density at radius 1 is 1.00 bits per heavy atom. The highest BCUT2D eigenvalue weighted by Crippen LogP contribution is 2.31. The molecule has 0 aliphatic heterocycles. The Morgan fingerprint density at radius 2 is 1.33 bits per heavy atom. The Kier molecular flexibility index (Phi) is 9.24. The van der Waals surface area contributed by atoms with E-state index in [9.17, 15) is 0 Å². The molecule has 1 atom stereocenters. The van der Waals surface area contributed by atoms with Crippen LogP contribution in [-0.2, 0) is 0 Å². The van der Waals surface area contributed by atoms with Gasteiger partial charge in [-0.3, -0.25) is 0 Å². The van der Waals surface area contributed by atoms with E-state index in [0.717, 1.165) is 5.92 Å². The van der Waals surface area contributed by atoms with E-state index in [4.69, 9.17) is 0 Å². The monoisotopic (exact) mass is 172 g/mol. The molecule has 0 N–H and O–H groups in total. The average molecular weight is 172 g/mol. The first-order valence-electron chi connectivity index (χ1n) is 5.46. The van der Waals surface area contributed by atoms with Gasteiger partial charge in [-0.05, 0) is 11.3 Å². The van der Waals surface area contributed by atoms with Crippen molar-refractivity contribution < 1.29 is 0 Å². The van der Waals surface area contributed by atoms with Crippen molar-refractivity contribution in [3.05, 3.63) is 0 Å². The minimum Gasteiger partial charge on any atom is -0.0656 e. The molecule has 0 aromatic carbocycles. The molecule has 0 bridgehead atoms. The molecule has 76 valence electrons. The van der Waals surface area contributed by atoms with E-state index in [2.05, 4.69) is 48.5 Å². The van der Waals surface area contributed by atoms with Crippen LogP contribution < -0.4 is 0 Å². The molecule has 12 heavy (non-hydrogen) atoms. The lowest BCUT2D eigenvalue weighted by Gasteiger charge is -2.29. The van der Waals surface area contributed by atoms with E-state index >= 15 is 0 Å². The molecule has 0 rings (SSSR count). The van der Waals surface area contributed by atoms with Gasteiger partial charge in [0.05, 0.1) is 0 Å². The summed E-state index contributed by atoms with van der Waals surface area (Å²) in [6.45, 7) is 15.8. The molecule has 0 aliphatic carbocycles. The summed E-state index contributed by atoms with van der Waals surface area (Å²) >= 11 is 0. The van der Waals surface area contributed by atoms with Crippen molar-refractivity contribution in [3.63, 3.8) is 0 Å². The molecule has 1 unspecified atom stereocenters. The largest absolute Gasteiger partial charge is 0.0656 e. The smallest absolute Gasteiger partial charge is 0.0331 e. The van der Waals surface area contributed by atoms with E-state index in [1.807, 2.05) is 0 Å². The van der Waals surface area contributed by atoms with E-state index in [-0.39, 0.29) is 0 Å². The van der Waals surface area contributed by atoms with Crippen molar-refractivity contribution in [2.24, 2.45) is 11.3 Å². The van der Waals surface area contributed by atoms with Gasteiger partial charge >= 0.3 is 0 Å². The Balaban J connectivity index is 0. The van der Waals surface area contributed by atoms with Crippen LogP contribution >= 0.6 is 0 Å². The zero-order valence-electron chi connectivity index (χ0n) is 10.2. The van der Waals surface area contributed by atoms with Gasteiger partial charge in [0.1, 0.15) is 0 Å². The summed E-state index contributed by atoms with van der Waals surface area (Å²) in [5, 5.41) is 0. The van der Waals surface area contributed by atoms with Gasteiger partial charge in [-0.1, -0.05) is 67.7 Å². The SMILES string of the molecule is CCC.CCC(C)C(C)(C)CC. The van der Waals surface area contributed by atoms with Gasteiger partial charge in [0.25, 0.3) is 0 Å². The Labute approximate surface area is 79.8 Å². The highest BCUT2D eigenvalue weighted by molar-refractivity contribution is 4.71. The molecule has 0 spiro atoms. The fourth-order valence-electron chi connectivity index (χ4n) is 0.901. The zero-order valence-corrected chi connectivity index (χ0v) is 10.2. The summed E-state index contributed by atoms with van der Waals surface area (Å²) in [7, 11) is 0. The summed E-state index contributed by atoms with van der Waals surface area (Å²) in [5.41, 5.74) is 0.550. The molecule has 0 nitrogen and oxygen atoms in total. The predicted octanol–water partition coefficient (Wildman–Crippen LogP) is 4.89. The van der Waals surface area contributed by atoms with E-state index < -0.39 is 0 Å². The van der Waals surface area contributed by atoms with Crippen LogP contribution in [0.1, 0.15) is 67.7 Å². The Morgan fingerprint density at radius 3 is 1.42 bits per heavy atom. The maximum Gasteiger partial charge on any atom is -0.0331 e. The highest BCUT2D eigenvalue weighted by Gasteiger charge is 2.21. The van der Waals surface area contributed by atoms with Crippen LogP contribution in [0.4, 0.5) is 0 Å². The van der Waals surface area contributed by atoms with E-state index in [0.29, 0.717) is 5.41 Å². The molecule has 0 saturated carbocycles. The third kappa shape index (κ3) is 6.69. The molecule has 0 heteroatoms. The Hall–Kier alpha value is 0. The number of hydrogen-bond acceptors (Lipinski definition) is 0. The van der Waals surface area contributed by atoms with Gasteiger partial charge in [-0.2, -0.15) is 0 Å². The van der Waals surface area contributed by atoms with Gasteiger partial charge in [0, 0.05) is 0 Å². The number of rotatable bonds is 3. The van der Waals surface area contributed by atoms with Crippen molar-refractivity contribution in [1.29, 1.82) is 0 Å². The first kappa shape index (κ1) is 14.5. The lowest BCUT2D eigenvalue weighted by Crippen LogP contribution is -2.19. The first-order valence-corrected chi connectivity index (χ1v) is 5.46. The van der Waals surface area contributed by atoms with Gasteiger partial charge in [0.15, 0.2) is 0 Å². The second kappa shape index (κ2) is 7.64. The van der Waals surface area contributed by atoms with Crippen LogP contribution in [0, 0.1) is 11.3 Å². The minimum absolute atomic E-state index is 0.550. The quantitative estimate of drug-likeness (QED) is 0.569. The van der Waals surface area contributed by atoms with Crippen LogP contribution in [0.3, 0.4) is 0 Å². The highest BCUT2D eigenvalue weighted by atomic mass is 14.3. The second-order valence-corrected chi connectivity index (χ2v) is 4.36. The minimum atomic E-state index is 0.550. The summed E-state index contributed by atoms with van der Waals surface area (Å²) in [4.78, 5) is 0. The number of hydrogen-bond donors (Lipinski definition) is 0. The van der Waals surface area contributed by atoms with Crippen LogP contribution in [0.25, 0.3) is 0 Å². The lowest BCUT2D eigenvalue weighted by molar-refractivity contribution is 0.215. The van der Waals surface area contributed by atoms with Gasteiger partial charge in [-0.25, -0.2) is 0 Å². The van der Waals surface area contributed by atoms with Crippen molar-refractivity contribution in [1.82, 2.24) is 0 Å². The molecule has 0 aromatic heterocycles. The summed E-state index contributed by atoms with van der Waals surface area (Å²) in [6, 6.07) is 0. The Bertz CT molecular complexity index is 82.0. The molecular weight excluding hydrogens is 144 g/mol. The molecule has 0 radical (unpaired) electrons. The molecule has 0 aromatic rings. The van der Waals surface area contributed by atoms with E-state index in [1.165, 1.54) is 19.3 Å². The van der Waals surface area contributed by atoms with Gasteiger partial charge in [0.2, 0.25) is 0 Å². The predicted molar refractivity (Wildman–Crippen MR) is 59.5 cm³/mol.